The van der Waals surface area contributed by atoms with Gasteiger partial charge in [-0.2, -0.15) is 4.31 Å². The number of ether oxygens (including phenoxy) is 1. The molecule has 5 heteroatoms. The van der Waals surface area contributed by atoms with Crippen LogP contribution in [-0.4, -0.2) is 25.4 Å². The second-order valence-corrected chi connectivity index (χ2v) is 9.74. The van der Waals surface area contributed by atoms with Gasteiger partial charge in [-0.3, -0.25) is 0 Å². The molecule has 0 N–H and O–H groups in total. The monoisotopic (exact) mass is 385 g/mol. The molecule has 0 bridgehead atoms. The van der Waals surface area contributed by atoms with Crippen LogP contribution in [0.2, 0.25) is 0 Å². The summed E-state index contributed by atoms with van der Waals surface area (Å²) in [4.78, 5) is 0.375. The van der Waals surface area contributed by atoms with Gasteiger partial charge in [0, 0.05) is 12.6 Å². The summed E-state index contributed by atoms with van der Waals surface area (Å²) >= 11 is 0. The summed E-state index contributed by atoms with van der Waals surface area (Å²) < 4.78 is 33.7. The second-order valence-electron chi connectivity index (χ2n) is 7.85. The Balaban J connectivity index is 1.45. The molecule has 0 amide bonds. The van der Waals surface area contributed by atoms with Crippen molar-refractivity contribution in [2.75, 3.05) is 6.61 Å². The minimum atomic E-state index is -3.48. The van der Waals surface area contributed by atoms with Crippen LogP contribution in [0.3, 0.4) is 0 Å². The normalized spacial score (nSPS) is 17.7. The summed E-state index contributed by atoms with van der Waals surface area (Å²) in [6.07, 6.45) is 5.73. The quantitative estimate of drug-likeness (QED) is 0.671. The maximum atomic E-state index is 13.1. The highest BCUT2D eigenvalue weighted by Crippen LogP contribution is 2.34. The molecule has 2 saturated carbocycles. The fraction of sp³-hybridized carbons (Fsp3) is 0.455. The molecule has 2 fully saturated rings. The van der Waals surface area contributed by atoms with Crippen molar-refractivity contribution in [3.63, 3.8) is 0 Å². The molecule has 2 aromatic carbocycles. The molecule has 4 rings (SSSR count). The Morgan fingerprint density at radius 1 is 0.963 bits per heavy atom. The van der Waals surface area contributed by atoms with Crippen LogP contribution in [0.4, 0.5) is 0 Å². The predicted molar refractivity (Wildman–Crippen MR) is 106 cm³/mol. The Kier molecular flexibility index (Phi) is 5.24. The third kappa shape index (κ3) is 4.36. The van der Waals surface area contributed by atoms with E-state index in [1.54, 1.807) is 16.4 Å². The fourth-order valence-electron chi connectivity index (χ4n) is 3.36. The molecule has 27 heavy (non-hydrogen) atoms. The number of sulfonamides is 1. The lowest BCUT2D eigenvalue weighted by molar-refractivity contribution is 0.180. The first-order valence-electron chi connectivity index (χ1n) is 9.82. The maximum Gasteiger partial charge on any atom is 0.243 e. The lowest BCUT2D eigenvalue weighted by Gasteiger charge is -2.25. The predicted octanol–water partition coefficient (Wildman–Crippen LogP) is 4.53. The summed E-state index contributed by atoms with van der Waals surface area (Å²) in [6, 6.07) is 15.1. The van der Waals surface area contributed by atoms with Crippen LogP contribution in [0, 0.1) is 12.8 Å². The van der Waals surface area contributed by atoms with E-state index < -0.39 is 10.0 Å². The van der Waals surface area contributed by atoms with Crippen LogP contribution in [0.15, 0.2) is 53.4 Å². The molecular weight excluding hydrogens is 358 g/mol. The number of hydrogen-bond acceptors (Lipinski definition) is 3. The van der Waals surface area contributed by atoms with Crippen LogP contribution in [0.5, 0.6) is 5.75 Å². The molecule has 0 heterocycles. The molecule has 4 nitrogen and oxygen atoms in total. The SMILES string of the molecule is Cc1ccc(S(=O)(=O)N(Cc2ccc(OCC3CCC3)cc2)C2CC2)cc1. The molecule has 0 spiro atoms. The molecule has 0 aromatic heterocycles. The van der Waals surface area contributed by atoms with Crippen molar-refractivity contribution in [2.45, 2.75) is 56.5 Å². The van der Waals surface area contributed by atoms with Gasteiger partial charge in [0.15, 0.2) is 0 Å². The highest BCUT2D eigenvalue weighted by atomic mass is 32.2. The van der Waals surface area contributed by atoms with E-state index in [0.717, 1.165) is 36.3 Å². The lowest BCUT2D eigenvalue weighted by Crippen LogP contribution is -2.32. The molecule has 2 aliphatic carbocycles. The first-order chi connectivity index (χ1) is 13.0. The zero-order valence-electron chi connectivity index (χ0n) is 15.8. The van der Waals surface area contributed by atoms with E-state index in [-0.39, 0.29) is 6.04 Å². The van der Waals surface area contributed by atoms with Gasteiger partial charge in [0.25, 0.3) is 0 Å². The number of nitrogens with zero attached hydrogens (tertiary/aromatic N) is 1. The van der Waals surface area contributed by atoms with E-state index in [1.807, 2.05) is 43.3 Å². The molecular formula is C22H27NO3S. The maximum absolute atomic E-state index is 13.1. The van der Waals surface area contributed by atoms with E-state index in [9.17, 15) is 8.42 Å². The Morgan fingerprint density at radius 3 is 2.19 bits per heavy atom. The van der Waals surface area contributed by atoms with Gasteiger partial charge in [0.1, 0.15) is 5.75 Å². The standard InChI is InChI=1S/C22H27NO3S/c1-17-5-13-22(14-6-17)27(24,25)23(20-9-10-20)15-18-7-11-21(12-8-18)26-16-19-3-2-4-19/h5-8,11-14,19-20H,2-4,9-10,15-16H2,1H3. The minimum Gasteiger partial charge on any atom is -0.493 e. The van der Waals surface area contributed by atoms with E-state index in [4.69, 9.17) is 4.74 Å². The Bertz CT molecular complexity index is 867. The van der Waals surface area contributed by atoms with E-state index in [2.05, 4.69) is 0 Å². The number of rotatable bonds is 8. The van der Waals surface area contributed by atoms with Gasteiger partial charge < -0.3 is 4.74 Å². The average Bonchev–Trinajstić information content (AvgIpc) is 3.44. The first kappa shape index (κ1) is 18.5. The highest BCUT2D eigenvalue weighted by Gasteiger charge is 2.38. The summed E-state index contributed by atoms with van der Waals surface area (Å²) in [6.45, 7) is 3.16. The van der Waals surface area contributed by atoms with Crippen molar-refractivity contribution < 1.29 is 13.2 Å². The van der Waals surface area contributed by atoms with Gasteiger partial charge in [0.05, 0.1) is 11.5 Å². The number of benzene rings is 2. The van der Waals surface area contributed by atoms with Crippen LogP contribution >= 0.6 is 0 Å². The third-order valence-corrected chi connectivity index (χ3v) is 7.47. The molecule has 0 aliphatic heterocycles. The van der Waals surface area contributed by atoms with Crippen molar-refractivity contribution in [3.05, 3.63) is 59.7 Å². The topological polar surface area (TPSA) is 46.6 Å². The van der Waals surface area contributed by atoms with Gasteiger partial charge in [0.2, 0.25) is 10.0 Å². The highest BCUT2D eigenvalue weighted by molar-refractivity contribution is 7.89. The zero-order valence-corrected chi connectivity index (χ0v) is 16.6. The first-order valence-corrected chi connectivity index (χ1v) is 11.3. The van der Waals surface area contributed by atoms with Crippen LogP contribution in [0.25, 0.3) is 0 Å². The van der Waals surface area contributed by atoms with E-state index in [1.165, 1.54) is 19.3 Å². The van der Waals surface area contributed by atoms with E-state index >= 15 is 0 Å². The van der Waals surface area contributed by atoms with Gasteiger partial charge in [-0.1, -0.05) is 36.2 Å². The summed E-state index contributed by atoms with van der Waals surface area (Å²) in [5.74, 6) is 1.57. The molecule has 0 atom stereocenters. The molecule has 0 radical (unpaired) electrons. The second kappa shape index (κ2) is 7.64. The van der Waals surface area contributed by atoms with Crippen LogP contribution in [-0.2, 0) is 16.6 Å². The van der Waals surface area contributed by atoms with Gasteiger partial charge >= 0.3 is 0 Å². The van der Waals surface area contributed by atoms with Gasteiger partial charge in [-0.15, -0.1) is 0 Å². The van der Waals surface area contributed by atoms with Crippen molar-refractivity contribution in [1.82, 2.24) is 4.31 Å². The summed E-state index contributed by atoms with van der Waals surface area (Å²) in [7, 11) is -3.48. The number of aryl methyl sites for hydroxylation is 1. The molecule has 0 saturated heterocycles. The largest absolute Gasteiger partial charge is 0.493 e. The molecule has 144 valence electrons. The Labute approximate surface area is 162 Å². The molecule has 0 unspecified atom stereocenters. The van der Waals surface area contributed by atoms with Crippen molar-refractivity contribution in [1.29, 1.82) is 0 Å². The van der Waals surface area contributed by atoms with Crippen molar-refractivity contribution in [3.8, 4) is 5.75 Å². The Hall–Kier alpha value is -1.85. The fourth-order valence-corrected chi connectivity index (χ4v) is 5.04. The van der Waals surface area contributed by atoms with E-state index in [0.29, 0.717) is 17.4 Å². The number of hydrogen-bond donors (Lipinski definition) is 0. The third-order valence-electron chi connectivity index (χ3n) is 5.55. The van der Waals surface area contributed by atoms with Gasteiger partial charge in [-0.05, 0) is 68.4 Å². The summed E-state index contributed by atoms with van der Waals surface area (Å²) in [5, 5.41) is 0. The van der Waals surface area contributed by atoms with Crippen LogP contribution in [0.1, 0.15) is 43.2 Å². The van der Waals surface area contributed by atoms with Crippen molar-refractivity contribution >= 4 is 10.0 Å². The molecule has 2 aromatic rings. The Morgan fingerprint density at radius 2 is 1.63 bits per heavy atom. The van der Waals surface area contributed by atoms with Gasteiger partial charge in [-0.25, -0.2) is 8.42 Å². The molecule has 2 aliphatic rings. The zero-order chi connectivity index (χ0) is 18.9. The average molecular weight is 386 g/mol. The smallest absolute Gasteiger partial charge is 0.243 e. The summed E-state index contributed by atoms with van der Waals surface area (Å²) in [5.41, 5.74) is 2.05. The lowest BCUT2D eigenvalue weighted by atomic mass is 9.86. The van der Waals surface area contributed by atoms with Crippen LogP contribution < -0.4 is 4.74 Å². The minimum absolute atomic E-state index is 0.117. The van der Waals surface area contributed by atoms with Crippen molar-refractivity contribution in [2.24, 2.45) is 5.92 Å².